The van der Waals surface area contributed by atoms with E-state index in [1.165, 1.54) is 0 Å². The highest BCUT2D eigenvalue weighted by atomic mass is 16.5. The summed E-state index contributed by atoms with van der Waals surface area (Å²) in [7, 11) is 0. The van der Waals surface area contributed by atoms with Gasteiger partial charge in [0.05, 0.1) is 18.6 Å². The topological polar surface area (TPSA) is 66.8 Å². The van der Waals surface area contributed by atoms with Gasteiger partial charge in [-0.1, -0.05) is 0 Å². The molecule has 0 spiro atoms. The molecule has 0 aliphatic carbocycles. The Bertz CT molecular complexity index is 397. The van der Waals surface area contributed by atoms with Gasteiger partial charge in [-0.25, -0.2) is 0 Å². The van der Waals surface area contributed by atoms with Gasteiger partial charge in [0.15, 0.2) is 0 Å². The van der Waals surface area contributed by atoms with Crippen molar-refractivity contribution in [3.05, 3.63) is 0 Å². The Morgan fingerprint density at radius 2 is 1.85 bits per heavy atom. The van der Waals surface area contributed by atoms with Gasteiger partial charge in [0, 0.05) is 18.5 Å². The van der Waals surface area contributed by atoms with E-state index < -0.39 is 5.97 Å². The SMILES string of the molecule is CC1CC(C(=O)N2C3CCC2CC(CC(=O)O)C3)CO1. The Balaban J connectivity index is 1.64. The summed E-state index contributed by atoms with van der Waals surface area (Å²) in [5.41, 5.74) is 0. The lowest BCUT2D eigenvalue weighted by Crippen LogP contribution is -2.49. The number of aliphatic carboxylic acids is 1. The zero-order valence-corrected chi connectivity index (χ0v) is 12.0. The third kappa shape index (κ3) is 2.55. The quantitative estimate of drug-likeness (QED) is 0.854. The minimum absolute atomic E-state index is 0.0177. The van der Waals surface area contributed by atoms with E-state index in [-0.39, 0.29) is 42.4 Å². The molecule has 1 N–H and O–H groups in total. The van der Waals surface area contributed by atoms with E-state index in [0.717, 1.165) is 32.1 Å². The molecule has 0 aromatic carbocycles. The van der Waals surface area contributed by atoms with E-state index in [2.05, 4.69) is 4.90 Å². The van der Waals surface area contributed by atoms with Gasteiger partial charge in [-0.2, -0.15) is 0 Å². The first-order chi connectivity index (χ1) is 9.54. The van der Waals surface area contributed by atoms with Gasteiger partial charge in [0.25, 0.3) is 0 Å². The van der Waals surface area contributed by atoms with Crippen molar-refractivity contribution in [2.24, 2.45) is 11.8 Å². The summed E-state index contributed by atoms with van der Waals surface area (Å²) in [6.07, 6.45) is 5.05. The monoisotopic (exact) mass is 281 g/mol. The summed E-state index contributed by atoms with van der Waals surface area (Å²) in [5, 5.41) is 8.94. The van der Waals surface area contributed by atoms with Crippen molar-refractivity contribution < 1.29 is 19.4 Å². The standard InChI is InChI=1S/C15H23NO4/c1-9-4-11(8-20-9)15(19)16-12-2-3-13(16)6-10(5-12)7-14(17)18/h9-13H,2-8H2,1H3,(H,17,18). The maximum atomic E-state index is 12.7. The van der Waals surface area contributed by atoms with E-state index in [0.29, 0.717) is 6.61 Å². The highest BCUT2D eigenvalue weighted by molar-refractivity contribution is 5.80. The van der Waals surface area contributed by atoms with Crippen LogP contribution in [0.3, 0.4) is 0 Å². The predicted octanol–water partition coefficient (Wildman–Crippen LogP) is 1.66. The molecule has 5 nitrogen and oxygen atoms in total. The van der Waals surface area contributed by atoms with Crippen LogP contribution < -0.4 is 0 Å². The number of hydrogen-bond acceptors (Lipinski definition) is 3. The summed E-state index contributed by atoms with van der Waals surface area (Å²) < 4.78 is 5.52. The zero-order valence-electron chi connectivity index (χ0n) is 12.0. The molecule has 0 aromatic heterocycles. The molecule has 3 fully saturated rings. The number of amides is 1. The molecule has 0 radical (unpaired) electrons. The molecule has 1 amide bonds. The van der Waals surface area contributed by atoms with Gasteiger partial charge < -0.3 is 14.7 Å². The molecular weight excluding hydrogens is 258 g/mol. The molecular formula is C15H23NO4. The van der Waals surface area contributed by atoms with E-state index in [4.69, 9.17) is 9.84 Å². The number of carbonyl (C=O) groups excluding carboxylic acids is 1. The molecule has 0 saturated carbocycles. The minimum atomic E-state index is -0.716. The van der Waals surface area contributed by atoms with E-state index in [1.54, 1.807) is 0 Å². The first-order valence-corrected chi connectivity index (χ1v) is 7.70. The molecule has 4 unspecified atom stereocenters. The second-order valence-electron chi connectivity index (χ2n) is 6.64. The van der Waals surface area contributed by atoms with Crippen LogP contribution in [0.5, 0.6) is 0 Å². The fraction of sp³-hybridized carbons (Fsp3) is 0.867. The van der Waals surface area contributed by atoms with Crippen LogP contribution in [-0.2, 0) is 14.3 Å². The molecule has 0 aromatic rings. The number of carboxylic acids is 1. The van der Waals surface area contributed by atoms with Crippen LogP contribution in [0.25, 0.3) is 0 Å². The highest BCUT2D eigenvalue weighted by Gasteiger charge is 2.46. The normalized spacial score (nSPS) is 40.0. The van der Waals surface area contributed by atoms with Crippen molar-refractivity contribution >= 4 is 11.9 Å². The maximum absolute atomic E-state index is 12.7. The lowest BCUT2D eigenvalue weighted by Gasteiger charge is -2.39. The van der Waals surface area contributed by atoms with Crippen LogP contribution in [-0.4, -0.2) is 46.7 Å². The van der Waals surface area contributed by atoms with Gasteiger partial charge in [0.1, 0.15) is 0 Å². The lowest BCUT2D eigenvalue weighted by atomic mass is 9.87. The fourth-order valence-corrected chi connectivity index (χ4v) is 4.26. The Morgan fingerprint density at radius 1 is 1.20 bits per heavy atom. The second kappa shape index (κ2) is 5.35. The molecule has 112 valence electrons. The zero-order chi connectivity index (χ0) is 14.3. The number of carboxylic acid groups (broad SMARTS) is 1. The van der Waals surface area contributed by atoms with Crippen LogP contribution >= 0.6 is 0 Å². The molecule has 3 rings (SSSR count). The summed E-state index contributed by atoms with van der Waals surface area (Å²) in [6, 6.07) is 0.531. The average Bonchev–Trinajstić information content (AvgIpc) is 2.91. The largest absolute Gasteiger partial charge is 0.481 e. The maximum Gasteiger partial charge on any atom is 0.303 e. The molecule has 3 saturated heterocycles. The van der Waals surface area contributed by atoms with Gasteiger partial charge >= 0.3 is 5.97 Å². The van der Waals surface area contributed by atoms with Gasteiger partial charge in [-0.3, -0.25) is 9.59 Å². The van der Waals surface area contributed by atoms with Crippen molar-refractivity contribution in [3.63, 3.8) is 0 Å². The second-order valence-corrected chi connectivity index (χ2v) is 6.64. The van der Waals surface area contributed by atoms with Crippen molar-refractivity contribution in [2.75, 3.05) is 6.61 Å². The number of carbonyl (C=O) groups is 2. The molecule has 3 aliphatic rings. The van der Waals surface area contributed by atoms with Crippen molar-refractivity contribution in [2.45, 2.75) is 63.6 Å². The minimum Gasteiger partial charge on any atom is -0.481 e. The Labute approximate surface area is 119 Å². The van der Waals surface area contributed by atoms with Crippen molar-refractivity contribution in [3.8, 4) is 0 Å². The van der Waals surface area contributed by atoms with Gasteiger partial charge in [-0.05, 0) is 44.9 Å². The number of piperidine rings is 1. The Hall–Kier alpha value is -1.10. The number of ether oxygens (including phenoxy) is 1. The molecule has 3 heterocycles. The third-order valence-electron chi connectivity index (χ3n) is 5.10. The van der Waals surface area contributed by atoms with Crippen LogP contribution in [0.4, 0.5) is 0 Å². The van der Waals surface area contributed by atoms with Gasteiger partial charge in [-0.15, -0.1) is 0 Å². The highest BCUT2D eigenvalue weighted by Crippen LogP contribution is 2.41. The average molecular weight is 281 g/mol. The summed E-state index contributed by atoms with van der Waals surface area (Å²) >= 11 is 0. The fourth-order valence-electron chi connectivity index (χ4n) is 4.26. The smallest absolute Gasteiger partial charge is 0.303 e. The van der Waals surface area contributed by atoms with Crippen LogP contribution in [0.2, 0.25) is 0 Å². The summed E-state index contributed by atoms with van der Waals surface area (Å²) in [5.74, 6) is -0.209. The van der Waals surface area contributed by atoms with Crippen LogP contribution in [0.15, 0.2) is 0 Å². The number of hydrogen-bond donors (Lipinski definition) is 1. The molecule has 2 bridgehead atoms. The van der Waals surface area contributed by atoms with Crippen molar-refractivity contribution in [1.29, 1.82) is 0 Å². The van der Waals surface area contributed by atoms with Crippen LogP contribution in [0, 0.1) is 11.8 Å². The van der Waals surface area contributed by atoms with E-state index >= 15 is 0 Å². The first-order valence-electron chi connectivity index (χ1n) is 7.70. The van der Waals surface area contributed by atoms with Crippen LogP contribution in [0.1, 0.15) is 45.4 Å². The van der Waals surface area contributed by atoms with Gasteiger partial charge in [0.2, 0.25) is 5.91 Å². The summed E-state index contributed by atoms with van der Waals surface area (Å²) in [6.45, 7) is 2.56. The predicted molar refractivity (Wildman–Crippen MR) is 72.2 cm³/mol. The third-order valence-corrected chi connectivity index (χ3v) is 5.10. The van der Waals surface area contributed by atoms with E-state index in [1.807, 2.05) is 6.92 Å². The first kappa shape index (κ1) is 13.9. The number of fused-ring (bicyclic) bond motifs is 2. The lowest BCUT2D eigenvalue weighted by molar-refractivity contribution is -0.142. The number of rotatable bonds is 3. The van der Waals surface area contributed by atoms with Crippen molar-refractivity contribution in [1.82, 2.24) is 4.90 Å². The summed E-state index contributed by atoms with van der Waals surface area (Å²) in [4.78, 5) is 25.6. The molecule has 4 atom stereocenters. The van der Waals surface area contributed by atoms with E-state index in [9.17, 15) is 9.59 Å². The molecule has 5 heteroatoms. The molecule has 20 heavy (non-hydrogen) atoms. The molecule has 3 aliphatic heterocycles. The Kier molecular flexibility index (Phi) is 3.71. The Morgan fingerprint density at radius 3 is 2.35 bits per heavy atom. The number of nitrogens with zero attached hydrogens (tertiary/aromatic N) is 1.